The number of hydrogen-bond donors (Lipinski definition) is 0. The Kier molecular flexibility index (Phi) is 4.87. The molecule has 0 aliphatic carbocycles. The third-order valence-corrected chi connectivity index (χ3v) is 4.17. The molecule has 0 spiro atoms. The first-order chi connectivity index (χ1) is 12.7. The summed E-state index contributed by atoms with van der Waals surface area (Å²) in [6.07, 6.45) is 0. The number of ether oxygens (including phenoxy) is 2. The van der Waals surface area contributed by atoms with Crippen LogP contribution in [0.4, 0.5) is 0 Å². The molecule has 0 heterocycles. The summed E-state index contributed by atoms with van der Waals surface area (Å²) in [5, 5.41) is 17.9. The molecule has 0 saturated carbocycles. The summed E-state index contributed by atoms with van der Waals surface area (Å²) >= 11 is 0. The summed E-state index contributed by atoms with van der Waals surface area (Å²) in [6.45, 7) is 0. The molecule has 4 nitrogen and oxygen atoms in total. The van der Waals surface area contributed by atoms with Gasteiger partial charge in [-0.15, -0.1) is 0 Å². The van der Waals surface area contributed by atoms with E-state index >= 15 is 0 Å². The van der Waals surface area contributed by atoms with E-state index in [1.54, 1.807) is 38.5 Å². The standard InChI is InChI=1S/C22H16N2O2/c1-25-21-11-20(18-9-5-16(14-24)6-10-18)22(26-2)12-19(21)17-7-3-15(13-23)4-8-17/h3-12H,1-2H3. The molecule has 0 aliphatic rings. The minimum atomic E-state index is 0.605. The summed E-state index contributed by atoms with van der Waals surface area (Å²) in [4.78, 5) is 0. The van der Waals surface area contributed by atoms with E-state index < -0.39 is 0 Å². The number of methoxy groups -OCH3 is 2. The van der Waals surface area contributed by atoms with Crippen LogP contribution in [0.25, 0.3) is 22.3 Å². The van der Waals surface area contributed by atoms with Gasteiger partial charge in [-0.05, 0) is 47.5 Å². The van der Waals surface area contributed by atoms with E-state index in [4.69, 9.17) is 20.0 Å². The molecule has 0 fully saturated rings. The molecule has 26 heavy (non-hydrogen) atoms. The highest BCUT2D eigenvalue weighted by molar-refractivity contribution is 5.81. The third-order valence-electron chi connectivity index (χ3n) is 4.17. The van der Waals surface area contributed by atoms with Crippen molar-refractivity contribution in [3.63, 3.8) is 0 Å². The fourth-order valence-electron chi connectivity index (χ4n) is 2.80. The van der Waals surface area contributed by atoms with Gasteiger partial charge in [-0.3, -0.25) is 0 Å². The van der Waals surface area contributed by atoms with Gasteiger partial charge in [0, 0.05) is 11.1 Å². The second-order valence-electron chi connectivity index (χ2n) is 5.63. The van der Waals surface area contributed by atoms with Gasteiger partial charge in [0.1, 0.15) is 11.5 Å². The first-order valence-electron chi connectivity index (χ1n) is 7.97. The lowest BCUT2D eigenvalue weighted by molar-refractivity contribution is 0.406. The normalized spacial score (nSPS) is 9.85. The molecular weight excluding hydrogens is 324 g/mol. The van der Waals surface area contributed by atoms with Crippen molar-refractivity contribution in [1.29, 1.82) is 10.5 Å². The van der Waals surface area contributed by atoms with E-state index in [2.05, 4.69) is 12.1 Å². The largest absolute Gasteiger partial charge is 0.496 e. The molecule has 0 aromatic heterocycles. The van der Waals surface area contributed by atoms with Gasteiger partial charge in [0.25, 0.3) is 0 Å². The van der Waals surface area contributed by atoms with Crippen LogP contribution in [0.3, 0.4) is 0 Å². The third kappa shape index (κ3) is 3.22. The van der Waals surface area contributed by atoms with E-state index in [1.165, 1.54) is 0 Å². The van der Waals surface area contributed by atoms with Crippen LogP contribution in [-0.4, -0.2) is 14.2 Å². The van der Waals surface area contributed by atoms with Gasteiger partial charge in [0.2, 0.25) is 0 Å². The van der Waals surface area contributed by atoms with E-state index in [-0.39, 0.29) is 0 Å². The molecule has 3 aromatic carbocycles. The zero-order valence-corrected chi connectivity index (χ0v) is 14.5. The van der Waals surface area contributed by atoms with Crippen molar-refractivity contribution in [3.8, 4) is 45.9 Å². The fraction of sp³-hybridized carbons (Fsp3) is 0.0909. The highest BCUT2D eigenvalue weighted by Crippen LogP contribution is 2.40. The van der Waals surface area contributed by atoms with Gasteiger partial charge in [-0.2, -0.15) is 10.5 Å². The first-order valence-corrected chi connectivity index (χ1v) is 7.97. The molecule has 3 aromatic rings. The molecule has 0 radical (unpaired) electrons. The molecule has 126 valence electrons. The van der Waals surface area contributed by atoms with Crippen molar-refractivity contribution >= 4 is 0 Å². The summed E-state index contributed by atoms with van der Waals surface area (Å²) in [5.41, 5.74) is 4.84. The average Bonchev–Trinajstić information content (AvgIpc) is 2.73. The van der Waals surface area contributed by atoms with E-state index in [9.17, 15) is 0 Å². The molecule has 3 rings (SSSR count). The SMILES string of the molecule is COc1cc(-c2ccc(C#N)cc2)c(OC)cc1-c1ccc(C#N)cc1. The predicted molar refractivity (Wildman–Crippen MR) is 99.8 cm³/mol. The first kappa shape index (κ1) is 17.1. The Hall–Kier alpha value is -3.76. The highest BCUT2D eigenvalue weighted by Gasteiger charge is 2.14. The summed E-state index contributed by atoms with van der Waals surface area (Å²) in [6, 6.07) is 22.7. The van der Waals surface area contributed by atoms with E-state index in [0.29, 0.717) is 22.6 Å². The van der Waals surface area contributed by atoms with Crippen LogP contribution in [0.1, 0.15) is 11.1 Å². The Balaban J connectivity index is 2.13. The lowest BCUT2D eigenvalue weighted by atomic mass is 9.97. The molecule has 0 aliphatic heterocycles. The molecule has 0 saturated heterocycles. The molecule has 0 amide bonds. The Morgan fingerprint density at radius 2 is 0.962 bits per heavy atom. The monoisotopic (exact) mass is 340 g/mol. The Bertz CT molecular complexity index is 923. The second-order valence-corrected chi connectivity index (χ2v) is 5.63. The van der Waals surface area contributed by atoms with E-state index in [0.717, 1.165) is 22.3 Å². The second kappa shape index (κ2) is 7.42. The van der Waals surface area contributed by atoms with Crippen LogP contribution in [0.5, 0.6) is 11.5 Å². The topological polar surface area (TPSA) is 66.0 Å². The van der Waals surface area contributed by atoms with Gasteiger partial charge in [0.05, 0.1) is 37.5 Å². The maximum absolute atomic E-state index is 8.97. The van der Waals surface area contributed by atoms with Crippen molar-refractivity contribution in [2.24, 2.45) is 0 Å². The lowest BCUT2D eigenvalue weighted by Crippen LogP contribution is -1.94. The zero-order valence-electron chi connectivity index (χ0n) is 14.5. The number of hydrogen-bond acceptors (Lipinski definition) is 4. The Labute approximate surface area is 152 Å². The average molecular weight is 340 g/mol. The maximum atomic E-state index is 8.97. The van der Waals surface area contributed by atoms with Crippen LogP contribution in [0.2, 0.25) is 0 Å². The predicted octanol–water partition coefficient (Wildman–Crippen LogP) is 4.78. The summed E-state index contributed by atoms with van der Waals surface area (Å²) < 4.78 is 11.2. The van der Waals surface area contributed by atoms with Crippen LogP contribution in [0, 0.1) is 22.7 Å². The van der Waals surface area contributed by atoms with Crippen LogP contribution in [0.15, 0.2) is 60.7 Å². The minimum Gasteiger partial charge on any atom is -0.496 e. The number of nitriles is 2. The molecule has 0 N–H and O–H groups in total. The van der Waals surface area contributed by atoms with Crippen molar-refractivity contribution in [2.75, 3.05) is 14.2 Å². The fourth-order valence-corrected chi connectivity index (χ4v) is 2.80. The Morgan fingerprint density at radius 3 is 1.23 bits per heavy atom. The maximum Gasteiger partial charge on any atom is 0.127 e. The smallest absolute Gasteiger partial charge is 0.127 e. The molecule has 0 atom stereocenters. The minimum absolute atomic E-state index is 0.605. The van der Waals surface area contributed by atoms with Crippen LogP contribution >= 0.6 is 0 Å². The summed E-state index contributed by atoms with van der Waals surface area (Å²) in [7, 11) is 3.25. The molecule has 0 bridgehead atoms. The zero-order chi connectivity index (χ0) is 18.5. The highest BCUT2D eigenvalue weighted by atomic mass is 16.5. The van der Waals surface area contributed by atoms with Gasteiger partial charge in [-0.25, -0.2) is 0 Å². The van der Waals surface area contributed by atoms with Crippen molar-refractivity contribution < 1.29 is 9.47 Å². The van der Waals surface area contributed by atoms with E-state index in [1.807, 2.05) is 36.4 Å². The molecule has 0 unspecified atom stereocenters. The Morgan fingerprint density at radius 1 is 0.615 bits per heavy atom. The van der Waals surface area contributed by atoms with Crippen molar-refractivity contribution in [1.82, 2.24) is 0 Å². The van der Waals surface area contributed by atoms with Gasteiger partial charge in [-0.1, -0.05) is 24.3 Å². The molecule has 4 heteroatoms. The summed E-state index contributed by atoms with van der Waals surface area (Å²) in [5.74, 6) is 1.41. The lowest BCUT2D eigenvalue weighted by Gasteiger charge is -2.15. The number of rotatable bonds is 4. The van der Waals surface area contributed by atoms with Crippen LogP contribution < -0.4 is 9.47 Å². The quantitative estimate of drug-likeness (QED) is 0.685. The van der Waals surface area contributed by atoms with Crippen molar-refractivity contribution in [3.05, 3.63) is 71.8 Å². The van der Waals surface area contributed by atoms with Gasteiger partial charge >= 0.3 is 0 Å². The van der Waals surface area contributed by atoms with Gasteiger partial charge in [0.15, 0.2) is 0 Å². The van der Waals surface area contributed by atoms with Crippen LogP contribution in [-0.2, 0) is 0 Å². The number of nitrogens with zero attached hydrogens (tertiary/aromatic N) is 2. The molecular formula is C22H16N2O2. The van der Waals surface area contributed by atoms with Crippen molar-refractivity contribution in [2.45, 2.75) is 0 Å². The van der Waals surface area contributed by atoms with Gasteiger partial charge < -0.3 is 9.47 Å². The number of benzene rings is 3.